The highest BCUT2D eigenvalue weighted by Gasteiger charge is 2.31. The maximum absolute atomic E-state index is 12.3. The minimum atomic E-state index is -3.45. The van der Waals surface area contributed by atoms with Crippen LogP contribution >= 0.6 is 11.3 Å². The number of hydrogen-bond donors (Lipinski definition) is 1. The first-order valence-corrected chi connectivity index (χ1v) is 8.29. The molecule has 2 heterocycles. The number of aliphatic carboxylic acids is 1. The molecule has 1 aromatic heterocycles. The smallest absolute Gasteiger partial charge is 0.303 e. The fourth-order valence-electron chi connectivity index (χ4n) is 2.19. The molecule has 2 rings (SSSR count). The third-order valence-corrected chi connectivity index (χ3v) is 6.48. The molecule has 1 aliphatic rings. The van der Waals surface area contributed by atoms with E-state index in [2.05, 4.69) is 4.98 Å². The maximum Gasteiger partial charge on any atom is 0.303 e. The maximum atomic E-state index is 12.3. The van der Waals surface area contributed by atoms with Crippen LogP contribution in [0.25, 0.3) is 0 Å². The fraction of sp³-hybridized carbons (Fsp3) is 0.636. The van der Waals surface area contributed by atoms with Gasteiger partial charge in [0.2, 0.25) is 0 Å². The van der Waals surface area contributed by atoms with Crippen molar-refractivity contribution in [1.82, 2.24) is 9.29 Å². The average molecular weight is 304 g/mol. The topological polar surface area (TPSA) is 87.6 Å². The lowest BCUT2D eigenvalue weighted by molar-refractivity contribution is -0.138. The van der Waals surface area contributed by atoms with Crippen molar-refractivity contribution in [2.45, 2.75) is 30.4 Å². The quantitative estimate of drug-likeness (QED) is 0.906. The van der Waals surface area contributed by atoms with E-state index in [-0.39, 0.29) is 16.5 Å². The van der Waals surface area contributed by atoms with Crippen molar-refractivity contribution >= 4 is 27.3 Å². The highest BCUT2D eigenvalue weighted by atomic mass is 32.2. The molecule has 6 nitrogen and oxygen atoms in total. The second kappa shape index (κ2) is 5.56. The molecule has 0 atom stereocenters. The lowest BCUT2D eigenvalue weighted by Crippen LogP contribution is -2.38. The molecule has 106 valence electrons. The first-order chi connectivity index (χ1) is 8.89. The van der Waals surface area contributed by atoms with Crippen LogP contribution in [-0.4, -0.2) is 41.9 Å². The Hall–Kier alpha value is -0.990. The summed E-state index contributed by atoms with van der Waals surface area (Å²) in [5.41, 5.74) is 0. The first kappa shape index (κ1) is 14.4. The Morgan fingerprint density at radius 2 is 2.16 bits per heavy atom. The summed E-state index contributed by atoms with van der Waals surface area (Å²) in [6, 6.07) is 0. The van der Waals surface area contributed by atoms with Crippen LogP contribution in [0.15, 0.2) is 10.4 Å². The lowest BCUT2D eigenvalue weighted by Gasteiger charge is -2.29. The summed E-state index contributed by atoms with van der Waals surface area (Å²) >= 11 is 1.16. The molecule has 8 heteroatoms. The zero-order valence-corrected chi connectivity index (χ0v) is 12.2. The predicted molar refractivity (Wildman–Crippen MR) is 70.6 cm³/mol. The molecule has 0 spiro atoms. The van der Waals surface area contributed by atoms with Crippen molar-refractivity contribution in [1.29, 1.82) is 0 Å². The molecule has 1 saturated heterocycles. The number of aryl methyl sites for hydroxylation is 1. The van der Waals surface area contributed by atoms with E-state index in [1.54, 1.807) is 6.92 Å². The van der Waals surface area contributed by atoms with Gasteiger partial charge < -0.3 is 5.11 Å². The van der Waals surface area contributed by atoms with Crippen LogP contribution in [-0.2, 0) is 14.8 Å². The molecule has 0 amide bonds. The van der Waals surface area contributed by atoms with Crippen LogP contribution < -0.4 is 0 Å². The number of carboxylic acids is 1. The molecule has 0 radical (unpaired) electrons. The van der Waals surface area contributed by atoms with Crippen molar-refractivity contribution in [3.63, 3.8) is 0 Å². The third kappa shape index (κ3) is 3.31. The largest absolute Gasteiger partial charge is 0.481 e. The predicted octanol–water partition coefficient (Wildman–Crippen LogP) is 1.33. The summed E-state index contributed by atoms with van der Waals surface area (Å²) in [5, 5.41) is 9.46. The number of thiazole rings is 1. The number of carbonyl (C=O) groups is 1. The van der Waals surface area contributed by atoms with Gasteiger partial charge in [-0.1, -0.05) is 0 Å². The van der Waals surface area contributed by atoms with Crippen molar-refractivity contribution in [2.24, 2.45) is 5.92 Å². The number of rotatable bonds is 4. The van der Waals surface area contributed by atoms with Gasteiger partial charge in [0.1, 0.15) is 0 Å². The first-order valence-electron chi connectivity index (χ1n) is 6.04. The van der Waals surface area contributed by atoms with Gasteiger partial charge in [-0.3, -0.25) is 4.79 Å². The molecule has 1 fully saturated rings. The molecule has 0 aromatic carbocycles. The minimum Gasteiger partial charge on any atom is -0.481 e. The summed E-state index contributed by atoms with van der Waals surface area (Å²) in [5.74, 6) is -0.744. The van der Waals surface area contributed by atoms with Crippen molar-refractivity contribution in [3.05, 3.63) is 11.2 Å². The molecule has 0 aliphatic carbocycles. The Bertz CT molecular complexity index is 559. The Kier molecular flexibility index (Phi) is 4.22. The van der Waals surface area contributed by atoms with Crippen molar-refractivity contribution in [3.8, 4) is 0 Å². The number of carboxylic acid groups (broad SMARTS) is 1. The van der Waals surface area contributed by atoms with Crippen molar-refractivity contribution in [2.75, 3.05) is 13.1 Å². The van der Waals surface area contributed by atoms with Gasteiger partial charge >= 0.3 is 5.97 Å². The average Bonchev–Trinajstić information content (AvgIpc) is 2.76. The summed E-state index contributed by atoms with van der Waals surface area (Å²) in [6.45, 7) is 2.54. The standard InChI is InChI=1S/C11H16N2O4S2/c1-8-12-7-11(18-8)19(16,17)13-4-2-9(3-5-13)6-10(14)15/h7,9H,2-6H2,1H3,(H,14,15). The molecule has 19 heavy (non-hydrogen) atoms. The van der Waals surface area contributed by atoms with Gasteiger partial charge in [-0.2, -0.15) is 4.31 Å². The van der Waals surface area contributed by atoms with Gasteiger partial charge in [0.05, 0.1) is 11.2 Å². The van der Waals surface area contributed by atoms with Gasteiger partial charge in [0, 0.05) is 19.5 Å². The van der Waals surface area contributed by atoms with Crippen LogP contribution in [0.5, 0.6) is 0 Å². The molecule has 1 aromatic rings. The second-order valence-corrected chi connectivity index (χ2v) is 8.04. The van der Waals surface area contributed by atoms with Gasteiger partial charge in [-0.15, -0.1) is 11.3 Å². The summed E-state index contributed by atoms with van der Waals surface area (Å²) in [7, 11) is -3.45. The lowest BCUT2D eigenvalue weighted by atomic mass is 9.95. The van der Waals surface area contributed by atoms with Crippen LogP contribution in [0.4, 0.5) is 0 Å². The molecule has 0 unspecified atom stereocenters. The monoisotopic (exact) mass is 304 g/mol. The number of hydrogen-bond acceptors (Lipinski definition) is 5. The van der Waals surface area contributed by atoms with Crippen LogP contribution in [0.3, 0.4) is 0 Å². The number of aromatic nitrogens is 1. The van der Waals surface area contributed by atoms with E-state index in [9.17, 15) is 13.2 Å². The van der Waals surface area contributed by atoms with E-state index in [1.807, 2.05) is 0 Å². The van der Waals surface area contributed by atoms with Gasteiger partial charge in [0.15, 0.2) is 4.21 Å². The molecule has 1 N–H and O–H groups in total. The number of sulfonamides is 1. The van der Waals surface area contributed by atoms with Crippen LogP contribution in [0.1, 0.15) is 24.3 Å². The minimum absolute atomic E-state index is 0.0761. The summed E-state index contributed by atoms with van der Waals surface area (Å²) < 4.78 is 26.3. The van der Waals surface area contributed by atoms with E-state index in [1.165, 1.54) is 10.5 Å². The Morgan fingerprint density at radius 1 is 1.53 bits per heavy atom. The molecule has 0 saturated carbocycles. The summed E-state index contributed by atoms with van der Waals surface area (Å²) in [4.78, 5) is 14.6. The highest BCUT2D eigenvalue weighted by molar-refractivity contribution is 7.91. The van der Waals surface area contributed by atoms with E-state index in [0.717, 1.165) is 16.3 Å². The molecule has 0 bridgehead atoms. The summed E-state index contributed by atoms with van der Waals surface area (Å²) in [6.07, 6.45) is 2.71. The second-order valence-electron chi connectivity index (χ2n) is 4.64. The van der Waals surface area contributed by atoms with Crippen molar-refractivity contribution < 1.29 is 18.3 Å². The van der Waals surface area contributed by atoms with Gasteiger partial charge in [-0.05, 0) is 25.7 Å². The molecule has 1 aliphatic heterocycles. The molecular weight excluding hydrogens is 288 g/mol. The van der Waals surface area contributed by atoms with Gasteiger partial charge in [-0.25, -0.2) is 13.4 Å². The van der Waals surface area contributed by atoms with E-state index in [0.29, 0.717) is 25.9 Å². The third-order valence-electron chi connectivity index (χ3n) is 3.23. The molecular formula is C11H16N2O4S2. The van der Waals surface area contributed by atoms with Crippen LogP contribution in [0.2, 0.25) is 0 Å². The van der Waals surface area contributed by atoms with Gasteiger partial charge in [0.25, 0.3) is 10.0 Å². The zero-order valence-electron chi connectivity index (χ0n) is 10.6. The van der Waals surface area contributed by atoms with E-state index in [4.69, 9.17) is 5.11 Å². The highest BCUT2D eigenvalue weighted by Crippen LogP contribution is 2.27. The Labute approximate surface area is 116 Å². The zero-order chi connectivity index (χ0) is 14.0. The number of nitrogens with zero attached hydrogens (tertiary/aromatic N) is 2. The van der Waals surface area contributed by atoms with E-state index < -0.39 is 16.0 Å². The normalized spacial score (nSPS) is 18.6. The fourth-order valence-corrected chi connectivity index (χ4v) is 4.92. The SMILES string of the molecule is Cc1ncc(S(=O)(=O)N2CCC(CC(=O)O)CC2)s1. The Balaban J connectivity index is 2.03. The van der Waals surface area contributed by atoms with E-state index >= 15 is 0 Å². The Morgan fingerprint density at radius 3 is 2.63 bits per heavy atom. The van der Waals surface area contributed by atoms with Crippen LogP contribution in [0, 0.1) is 12.8 Å². The number of piperidine rings is 1.